The molecule has 0 saturated carbocycles. The van der Waals surface area contributed by atoms with E-state index in [4.69, 9.17) is 13.9 Å². The number of ether oxygens (including phenoxy) is 2. The molecule has 2 amide bonds. The van der Waals surface area contributed by atoms with Crippen LogP contribution in [0.3, 0.4) is 0 Å². The number of para-hydroxylation sites is 4. The first-order valence-corrected chi connectivity index (χ1v) is 11.7. The van der Waals surface area contributed by atoms with Gasteiger partial charge in [0.25, 0.3) is 11.8 Å². The van der Waals surface area contributed by atoms with Gasteiger partial charge in [-0.2, -0.15) is 0 Å². The minimum atomic E-state index is -0.825. The fourth-order valence-electron chi connectivity index (χ4n) is 4.13. The lowest BCUT2D eigenvalue weighted by atomic mass is 10.1. The Kier molecular flexibility index (Phi) is 6.39. The Morgan fingerprint density at radius 3 is 2.57 bits per heavy atom. The first-order valence-electron chi connectivity index (χ1n) is 11.7. The number of rotatable bonds is 7. The maximum absolute atomic E-state index is 13.9. The van der Waals surface area contributed by atoms with Crippen molar-refractivity contribution >= 4 is 28.5 Å². The normalized spacial score (nSPS) is 14.8. The molecule has 5 rings (SSSR count). The van der Waals surface area contributed by atoms with Crippen LogP contribution in [0.1, 0.15) is 29.5 Å². The van der Waals surface area contributed by atoms with E-state index in [2.05, 4.69) is 5.32 Å². The molecule has 0 saturated heterocycles. The van der Waals surface area contributed by atoms with E-state index in [1.54, 1.807) is 17.0 Å². The molecule has 0 radical (unpaired) electrons. The van der Waals surface area contributed by atoms with Gasteiger partial charge in [-0.3, -0.25) is 14.5 Å². The minimum absolute atomic E-state index is 0.0709. The van der Waals surface area contributed by atoms with Gasteiger partial charge in [0.2, 0.25) is 0 Å². The molecule has 2 heterocycles. The van der Waals surface area contributed by atoms with Crippen LogP contribution in [0, 0.1) is 0 Å². The monoisotopic (exact) mass is 470 g/mol. The van der Waals surface area contributed by atoms with Crippen LogP contribution in [0.15, 0.2) is 83.3 Å². The van der Waals surface area contributed by atoms with Crippen molar-refractivity contribution < 1.29 is 23.5 Å². The summed E-state index contributed by atoms with van der Waals surface area (Å²) in [5.74, 6) is 0.752. The molecule has 3 aromatic carbocycles. The van der Waals surface area contributed by atoms with Gasteiger partial charge in [-0.25, -0.2) is 0 Å². The molecule has 0 unspecified atom stereocenters. The fraction of sp³-hybridized carbons (Fsp3) is 0.214. The molecule has 0 spiro atoms. The van der Waals surface area contributed by atoms with Crippen molar-refractivity contribution in [1.29, 1.82) is 0 Å². The Hall–Kier alpha value is -4.26. The van der Waals surface area contributed by atoms with Gasteiger partial charge in [0.15, 0.2) is 11.9 Å². The number of hydrogen-bond acceptors (Lipinski definition) is 5. The van der Waals surface area contributed by atoms with E-state index in [-0.39, 0.29) is 30.7 Å². The maximum Gasteiger partial charge on any atom is 0.294 e. The third-order valence-electron chi connectivity index (χ3n) is 5.88. The van der Waals surface area contributed by atoms with Crippen molar-refractivity contribution in [2.45, 2.75) is 26.1 Å². The zero-order chi connectivity index (χ0) is 24.2. The number of nitrogens with zero attached hydrogens (tertiary/aromatic N) is 1. The second kappa shape index (κ2) is 9.93. The summed E-state index contributed by atoms with van der Waals surface area (Å²) in [5.41, 5.74) is 1.85. The van der Waals surface area contributed by atoms with Gasteiger partial charge in [0.1, 0.15) is 23.7 Å². The third kappa shape index (κ3) is 4.57. The molecule has 1 aliphatic heterocycles. The zero-order valence-corrected chi connectivity index (χ0v) is 19.4. The number of carbonyl (C=O) groups excluding carboxylic acids is 2. The summed E-state index contributed by atoms with van der Waals surface area (Å²) < 4.78 is 18.0. The minimum Gasteiger partial charge on any atom is -0.489 e. The molecule has 1 N–H and O–H groups in total. The smallest absolute Gasteiger partial charge is 0.294 e. The molecule has 1 aliphatic rings. The zero-order valence-electron chi connectivity index (χ0n) is 19.4. The second-order valence-electron chi connectivity index (χ2n) is 8.29. The van der Waals surface area contributed by atoms with E-state index in [1.807, 2.05) is 73.7 Å². The molecule has 7 heteroatoms. The Morgan fingerprint density at radius 2 is 1.74 bits per heavy atom. The van der Waals surface area contributed by atoms with Crippen molar-refractivity contribution in [3.05, 3.63) is 90.2 Å². The van der Waals surface area contributed by atoms with Crippen molar-refractivity contribution in [1.82, 2.24) is 5.32 Å². The first-order chi connectivity index (χ1) is 17.2. The standard InChI is InChI=1S/C28H26N2O5/c1-2-16-29-27(31)25-17-30(22-13-7-9-15-24(22)34-25)28(32)26-21(18-33-19-10-4-3-5-11-19)20-12-6-8-14-23(20)35-26/h3-15,25H,2,16-18H2,1H3,(H,29,31)/t25-/m1/s1. The van der Waals surface area contributed by atoms with Gasteiger partial charge in [0, 0.05) is 17.5 Å². The van der Waals surface area contributed by atoms with Crippen molar-refractivity contribution in [2.75, 3.05) is 18.0 Å². The topological polar surface area (TPSA) is 81.0 Å². The molecular formula is C28H26N2O5. The van der Waals surface area contributed by atoms with E-state index in [1.165, 1.54) is 0 Å². The van der Waals surface area contributed by atoms with Gasteiger partial charge >= 0.3 is 0 Å². The fourth-order valence-corrected chi connectivity index (χ4v) is 4.13. The average Bonchev–Trinajstić information content (AvgIpc) is 3.28. The van der Waals surface area contributed by atoms with Crippen LogP contribution in [0.2, 0.25) is 0 Å². The Labute approximate surface area is 203 Å². The van der Waals surface area contributed by atoms with Crippen molar-refractivity contribution in [3.63, 3.8) is 0 Å². The molecule has 7 nitrogen and oxygen atoms in total. The molecule has 0 fully saturated rings. The van der Waals surface area contributed by atoms with E-state index < -0.39 is 6.10 Å². The van der Waals surface area contributed by atoms with Crippen LogP contribution in [-0.2, 0) is 11.4 Å². The van der Waals surface area contributed by atoms with Crippen molar-refractivity contribution in [2.24, 2.45) is 0 Å². The summed E-state index contributed by atoms with van der Waals surface area (Å²) in [6, 6.07) is 24.1. The largest absolute Gasteiger partial charge is 0.489 e. The molecular weight excluding hydrogens is 444 g/mol. The molecule has 1 atom stereocenters. The highest BCUT2D eigenvalue weighted by Gasteiger charge is 2.36. The number of fused-ring (bicyclic) bond motifs is 2. The van der Waals surface area contributed by atoms with Crippen LogP contribution >= 0.6 is 0 Å². The SMILES string of the molecule is CCCNC(=O)[C@H]1CN(C(=O)c2oc3ccccc3c2COc2ccccc2)c2ccccc2O1. The molecule has 0 aliphatic carbocycles. The first kappa shape index (κ1) is 22.5. The second-order valence-corrected chi connectivity index (χ2v) is 8.29. The van der Waals surface area contributed by atoms with Crippen LogP contribution < -0.4 is 19.7 Å². The van der Waals surface area contributed by atoms with E-state index in [9.17, 15) is 9.59 Å². The van der Waals surface area contributed by atoms with E-state index in [0.29, 0.717) is 34.9 Å². The highest BCUT2D eigenvalue weighted by molar-refractivity contribution is 6.09. The van der Waals surface area contributed by atoms with E-state index in [0.717, 1.165) is 11.8 Å². The highest BCUT2D eigenvalue weighted by atomic mass is 16.5. The number of benzene rings is 3. The van der Waals surface area contributed by atoms with Crippen LogP contribution in [0.25, 0.3) is 11.0 Å². The number of anilines is 1. The third-order valence-corrected chi connectivity index (χ3v) is 5.88. The lowest BCUT2D eigenvalue weighted by Crippen LogP contribution is -2.51. The summed E-state index contributed by atoms with van der Waals surface area (Å²) in [4.78, 5) is 28.2. The predicted octanol–water partition coefficient (Wildman–Crippen LogP) is 4.95. The van der Waals surface area contributed by atoms with Gasteiger partial charge in [-0.1, -0.05) is 55.5 Å². The Balaban J connectivity index is 1.50. The maximum atomic E-state index is 13.9. The molecule has 4 aromatic rings. The number of hydrogen-bond donors (Lipinski definition) is 1. The summed E-state index contributed by atoms with van der Waals surface area (Å²) in [5, 5.41) is 3.67. The van der Waals surface area contributed by atoms with Gasteiger partial charge < -0.3 is 19.2 Å². The lowest BCUT2D eigenvalue weighted by molar-refractivity contribution is -0.127. The van der Waals surface area contributed by atoms with Gasteiger partial charge in [-0.05, 0) is 36.8 Å². The number of amides is 2. The van der Waals surface area contributed by atoms with Crippen LogP contribution in [-0.4, -0.2) is 31.0 Å². The Morgan fingerprint density at radius 1 is 1.00 bits per heavy atom. The molecule has 35 heavy (non-hydrogen) atoms. The number of carbonyl (C=O) groups is 2. The molecule has 1 aromatic heterocycles. The van der Waals surface area contributed by atoms with Gasteiger partial charge in [-0.15, -0.1) is 0 Å². The van der Waals surface area contributed by atoms with Crippen LogP contribution in [0.4, 0.5) is 5.69 Å². The predicted molar refractivity (Wildman–Crippen MR) is 133 cm³/mol. The quantitative estimate of drug-likeness (QED) is 0.414. The molecule has 178 valence electrons. The Bertz CT molecular complexity index is 1350. The molecule has 0 bridgehead atoms. The number of nitrogens with one attached hydrogen (secondary N) is 1. The van der Waals surface area contributed by atoms with Crippen molar-refractivity contribution in [3.8, 4) is 11.5 Å². The number of furan rings is 1. The average molecular weight is 471 g/mol. The summed E-state index contributed by atoms with van der Waals surface area (Å²) in [7, 11) is 0. The summed E-state index contributed by atoms with van der Waals surface area (Å²) in [6.07, 6.45) is -0.0182. The van der Waals surface area contributed by atoms with Gasteiger partial charge in [0.05, 0.1) is 12.2 Å². The van der Waals surface area contributed by atoms with Crippen LogP contribution in [0.5, 0.6) is 11.5 Å². The summed E-state index contributed by atoms with van der Waals surface area (Å²) in [6.45, 7) is 2.75. The van der Waals surface area contributed by atoms with E-state index >= 15 is 0 Å². The summed E-state index contributed by atoms with van der Waals surface area (Å²) >= 11 is 0. The lowest BCUT2D eigenvalue weighted by Gasteiger charge is -2.33. The highest BCUT2D eigenvalue weighted by Crippen LogP contribution is 2.36.